The molecule has 0 saturated heterocycles. The predicted molar refractivity (Wildman–Crippen MR) is 91.5 cm³/mol. The Balaban J connectivity index is 1.60. The lowest BCUT2D eigenvalue weighted by Gasteiger charge is -2.38. The summed E-state index contributed by atoms with van der Waals surface area (Å²) >= 11 is 0. The molecular formula is C20H38O. The van der Waals surface area contributed by atoms with Crippen LogP contribution >= 0.6 is 0 Å². The third kappa shape index (κ3) is 5.93. The lowest BCUT2D eigenvalue weighted by molar-refractivity contribution is 0.0710. The number of unbranched alkanes of at least 4 members (excludes halogenated alkanes) is 2. The third-order valence-corrected chi connectivity index (χ3v) is 6.22. The summed E-state index contributed by atoms with van der Waals surface area (Å²) in [6.07, 6.45) is 17.8. The molecule has 21 heavy (non-hydrogen) atoms. The minimum Gasteiger partial charge on any atom is -0.381 e. The first kappa shape index (κ1) is 17.3. The maximum absolute atomic E-state index is 5.61. The van der Waals surface area contributed by atoms with E-state index in [-0.39, 0.29) is 0 Å². The number of hydrogen-bond acceptors (Lipinski definition) is 1. The highest BCUT2D eigenvalue weighted by Crippen LogP contribution is 2.42. The van der Waals surface area contributed by atoms with Crippen LogP contribution in [0.4, 0.5) is 0 Å². The number of rotatable bonds is 8. The predicted octanol–water partition coefficient (Wildman–Crippen LogP) is 6.22. The van der Waals surface area contributed by atoms with Crippen LogP contribution in [-0.2, 0) is 4.74 Å². The van der Waals surface area contributed by atoms with Crippen LogP contribution in [0.25, 0.3) is 0 Å². The van der Waals surface area contributed by atoms with Crippen LogP contribution in [-0.4, -0.2) is 13.2 Å². The minimum atomic E-state index is 0.867. The van der Waals surface area contributed by atoms with Gasteiger partial charge in [-0.2, -0.15) is 0 Å². The second kappa shape index (κ2) is 9.87. The van der Waals surface area contributed by atoms with Gasteiger partial charge in [-0.15, -0.1) is 0 Å². The molecule has 0 bridgehead atoms. The third-order valence-electron chi connectivity index (χ3n) is 6.22. The quantitative estimate of drug-likeness (QED) is 0.483. The molecule has 0 N–H and O–H groups in total. The van der Waals surface area contributed by atoms with Crippen molar-refractivity contribution >= 4 is 0 Å². The van der Waals surface area contributed by atoms with E-state index < -0.39 is 0 Å². The SMILES string of the molecule is CCCCCC1CCC([C@H]2CC[C@H](COCC)CC2)CC1. The summed E-state index contributed by atoms with van der Waals surface area (Å²) in [5.41, 5.74) is 0. The molecule has 2 aliphatic rings. The van der Waals surface area contributed by atoms with Crippen molar-refractivity contribution in [3.05, 3.63) is 0 Å². The lowest BCUT2D eigenvalue weighted by atomic mass is 9.69. The van der Waals surface area contributed by atoms with Crippen molar-refractivity contribution in [3.63, 3.8) is 0 Å². The molecule has 0 aromatic rings. The molecule has 2 fully saturated rings. The first-order chi connectivity index (χ1) is 10.3. The van der Waals surface area contributed by atoms with Crippen LogP contribution in [0.5, 0.6) is 0 Å². The first-order valence-electron chi connectivity index (χ1n) is 9.91. The smallest absolute Gasteiger partial charge is 0.0494 e. The minimum absolute atomic E-state index is 0.867. The second-order valence-corrected chi connectivity index (χ2v) is 7.72. The first-order valence-corrected chi connectivity index (χ1v) is 9.91. The highest BCUT2D eigenvalue weighted by atomic mass is 16.5. The van der Waals surface area contributed by atoms with Crippen molar-refractivity contribution in [1.29, 1.82) is 0 Å². The maximum atomic E-state index is 5.61. The lowest BCUT2D eigenvalue weighted by Crippen LogP contribution is -2.27. The van der Waals surface area contributed by atoms with Gasteiger partial charge in [0.1, 0.15) is 0 Å². The van der Waals surface area contributed by atoms with E-state index in [2.05, 4.69) is 13.8 Å². The van der Waals surface area contributed by atoms with Gasteiger partial charge in [0.25, 0.3) is 0 Å². The van der Waals surface area contributed by atoms with Crippen molar-refractivity contribution in [1.82, 2.24) is 0 Å². The number of ether oxygens (including phenoxy) is 1. The molecule has 0 aromatic heterocycles. The van der Waals surface area contributed by atoms with Crippen molar-refractivity contribution in [2.45, 2.75) is 90.9 Å². The van der Waals surface area contributed by atoms with E-state index in [0.717, 1.165) is 36.9 Å². The Kier molecular flexibility index (Phi) is 8.14. The summed E-state index contributed by atoms with van der Waals surface area (Å²) in [5.74, 6) is 4.06. The summed E-state index contributed by atoms with van der Waals surface area (Å²) < 4.78 is 5.61. The monoisotopic (exact) mass is 294 g/mol. The molecule has 0 spiro atoms. The van der Waals surface area contributed by atoms with Crippen LogP contribution in [0, 0.1) is 23.7 Å². The highest BCUT2D eigenvalue weighted by Gasteiger charge is 2.30. The molecule has 1 heteroatoms. The van der Waals surface area contributed by atoms with E-state index >= 15 is 0 Å². The molecule has 0 unspecified atom stereocenters. The fourth-order valence-corrected chi connectivity index (χ4v) is 4.74. The van der Waals surface area contributed by atoms with E-state index in [4.69, 9.17) is 4.74 Å². The van der Waals surface area contributed by atoms with Crippen molar-refractivity contribution in [3.8, 4) is 0 Å². The molecule has 2 rings (SSSR count). The van der Waals surface area contributed by atoms with Crippen LogP contribution in [0.15, 0.2) is 0 Å². The molecule has 124 valence electrons. The van der Waals surface area contributed by atoms with Crippen LogP contribution < -0.4 is 0 Å². The van der Waals surface area contributed by atoms with Gasteiger partial charge in [-0.1, -0.05) is 45.4 Å². The van der Waals surface area contributed by atoms with Gasteiger partial charge < -0.3 is 4.74 Å². The number of hydrogen-bond donors (Lipinski definition) is 0. The van der Waals surface area contributed by atoms with Crippen molar-refractivity contribution in [2.75, 3.05) is 13.2 Å². The van der Waals surface area contributed by atoms with E-state index in [0.29, 0.717) is 0 Å². The fraction of sp³-hybridized carbons (Fsp3) is 1.00. The van der Waals surface area contributed by atoms with E-state index in [1.54, 1.807) is 0 Å². The summed E-state index contributed by atoms with van der Waals surface area (Å²) in [6, 6.07) is 0. The van der Waals surface area contributed by atoms with Gasteiger partial charge in [0.2, 0.25) is 0 Å². The van der Waals surface area contributed by atoms with Crippen molar-refractivity contribution < 1.29 is 4.74 Å². The molecule has 2 saturated carbocycles. The summed E-state index contributed by atoms with van der Waals surface area (Å²) in [5, 5.41) is 0. The Bertz CT molecular complexity index is 247. The molecule has 0 amide bonds. The average Bonchev–Trinajstić information content (AvgIpc) is 2.54. The van der Waals surface area contributed by atoms with Gasteiger partial charge in [0.05, 0.1) is 0 Å². The molecule has 0 radical (unpaired) electrons. The molecular weight excluding hydrogens is 256 g/mol. The van der Waals surface area contributed by atoms with Gasteiger partial charge in [0, 0.05) is 13.2 Å². The Morgan fingerprint density at radius 3 is 1.81 bits per heavy atom. The van der Waals surface area contributed by atoms with E-state index in [1.807, 2.05) is 0 Å². The van der Waals surface area contributed by atoms with Gasteiger partial charge in [-0.25, -0.2) is 0 Å². The maximum Gasteiger partial charge on any atom is 0.0494 e. The van der Waals surface area contributed by atoms with Gasteiger partial charge >= 0.3 is 0 Å². The van der Waals surface area contributed by atoms with Gasteiger partial charge in [-0.05, 0) is 69.1 Å². The Labute approximate surface area is 133 Å². The Morgan fingerprint density at radius 1 is 0.714 bits per heavy atom. The normalized spacial score (nSPS) is 34.0. The molecule has 0 heterocycles. The topological polar surface area (TPSA) is 9.23 Å². The van der Waals surface area contributed by atoms with E-state index in [9.17, 15) is 0 Å². The van der Waals surface area contributed by atoms with Crippen LogP contribution in [0.3, 0.4) is 0 Å². The fourth-order valence-electron chi connectivity index (χ4n) is 4.74. The Hall–Kier alpha value is -0.0400. The average molecular weight is 295 g/mol. The zero-order chi connectivity index (χ0) is 14.9. The Morgan fingerprint density at radius 2 is 1.29 bits per heavy atom. The summed E-state index contributed by atoms with van der Waals surface area (Å²) in [4.78, 5) is 0. The second-order valence-electron chi connectivity index (χ2n) is 7.72. The standard InChI is InChI=1S/C20H38O/c1-3-5-6-7-17-8-12-19(13-9-17)20-14-10-18(11-15-20)16-21-4-2/h17-20H,3-16H2,1-2H3/t17?,18-,19?,20-. The zero-order valence-electron chi connectivity index (χ0n) is 14.6. The van der Waals surface area contributed by atoms with Crippen molar-refractivity contribution in [2.24, 2.45) is 23.7 Å². The highest BCUT2D eigenvalue weighted by molar-refractivity contribution is 4.82. The zero-order valence-corrected chi connectivity index (χ0v) is 14.6. The molecule has 0 aromatic carbocycles. The molecule has 1 nitrogen and oxygen atoms in total. The molecule has 2 aliphatic carbocycles. The molecule has 0 atom stereocenters. The van der Waals surface area contributed by atoms with E-state index in [1.165, 1.54) is 77.0 Å². The molecule has 0 aliphatic heterocycles. The largest absolute Gasteiger partial charge is 0.381 e. The summed E-state index contributed by atoms with van der Waals surface area (Å²) in [6.45, 7) is 6.35. The van der Waals surface area contributed by atoms with Gasteiger partial charge in [0.15, 0.2) is 0 Å². The van der Waals surface area contributed by atoms with Crippen LogP contribution in [0.1, 0.15) is 90.9 Å². The van der Waals surface area contributed by atoms with Crippen LogP contribution in [0.2, 0.25) is 0 Å². The van der Waals surface area contributed by atoms with Gasteiger partial charge in [-0.3, -0.25) is 0 Å². The summed E-state index contributed by atoms with van der Waals surface area (Å²) in [7, 11) is 0.